The largest absolute Gasteiger partial charge is 0.508 e. The van der Waals surface area contributed by atoms with Gasteiger partial charge in [-0.3, -0.25) is 10.1 Å². The summed E-state index contributed by atoms with van der Waals surface area (Å²) < 4.78 is 0. The molecule has 0 fully saturated rings. The molecule has 8 heteroatoms. The topological polar surface area (TPSA) is 104 Å². The van der Waals surface area contributed by atoms with Crippen LogP contribution in [0.4, 0.5) is 28.8 Å². The van der Waals surface area contributed by atoms with Crippen molar-refractivity contribution < 1.29 is 10.0 Å². The van der Waals surface area contributed by atoms with Gasteiger partial charge in [0.2, 0.25) is 11.8 Å². The van der Waals surface area contributed by atoms with Gasteiger partial charge in [0.25, 0.3) is 0 Å². The van der Waals surface area contributed by atoms with Gasteiger partial charge in [0.05, 0.1) is 4.92 Å². The van der Waals surface area contributed by atoms with Gasteiger partial charge >= 0.3 is 5.69 Å². The van der Waals surface area contributed by atoms with Crippen LogP contribution >= 0.6 is 0 Å². The highest BCUT2D eigenvalue weighted by atomic mass is 16.6. The Balaban J connectivity index is 2.06. The molecule has 3 aromatic rings. The summed E-state index contributed by atoms with van der Waals surface area (Å²) in [5, 5.41) is 24.1. The number of hydrogen-bond acceptors (Lipinski definition) is 7. The molecule has 0 spiro atoms. The number of phenolic OH excluding ortho intramolecular Hbond substituents is 1. The Morgan fingerprint density at radius 1 is 1.12 bits per heavy atom. The quantitative estimate of drug-likeness (QED) is 0.530. The van der Waals surface area contributed by atoms with Crippen LogP contribution in [0.25, 0.3) is 0 Å². The van der Waals surface area contributed by atoms with Crippen LogP contribution in [0.5, 0.6) is 5.75 Å². The van der Waals surface area contributed by atoms with Crippen molar-refractivity contribution in [1.29, 1.82) is 0 Å². The van der Waals surface area contributed by atoms with Gasteiger partial charge in [-0.1, -0.05) is 24.3 Å². The lowest BCUT2D eigenvalue weighted by atomic mass is 10.2. The second-order valence-electron chi connectivity index (χ2n) is 5.63. The van der Waals surface area contributed by atoms with Gasteiger partial charge in [-0.2, -0.15) is 4.98 Å². The van der Waals surface area contributed by atoms with Crippen LogP contribution in [-0.2, 0) is 0 Å². The molecule has 8 nitrogen and oxygen atoms in total. The zero-order valence-electron chi connectivity index (χ0n) is 14.2. The van der Waals surface area contributed by atoms with E-state index in [9.17, 15) is 15.2 Å². The second kappa shape index (κ2) is 7.06. The summed E-state index contributed by atoms with van der Waals surface area (Å²) >= 11 is 0. The minimum Gasteiger partial charge on any atom is -0.508 e. The third-order valence-electron chi connectivity index (χ3n) is 3.79. The molecule has 0 bridgehead atoms. The lowest BCUT2D eigenvalue weighted by Gasteiger charge is -2.19. The zero-order valence-corrected chi connectivity index (χ0v) is 14.2. The Bertz CT molecular complexity index is 947. The van der Waals surface area contributed by atoms with Gasteiger partial charge in [-0.25, -0.2) is 4.98 Å². The van der Waals surface area contributed by atoms with Crippen molar-refractivity contribution in [2.24, 2.45) is 0 Å². The van der Waals surface area contributed by atoms with E-state index in [0.717, 1.165) is 5.69 Å². The van der Waals surface area contributed by atoms with Gasteiger partial charge in [0.1, 0.15) is 11.4 Å². The fourth-order valence-electron chi connectivity index (χ4n) is 2.54. The molecule has 1 aromatic heterocycles. The van der Waals surface area contributed by atoms with E-state index >= 15 is 0 Å². The number of phenols is 1. The highest BCUT2D eigenvalue weighted by molar-refractivity contribution is 5.71. The summed E-state index contributed by atoms with van der Waals surface area (Å²) in [4.78, 5) is 21.2. The molecule has 0 aliphatic carbocycles. The fraction of sp³-hybridized carbons (Fsp3) is 0.111. The first kappa shape index (κ1) is 17.2. The van der Waals surface area contributed by atoms with Gasteiger partial charge in [0.15, 0.2) is 0 Å². The maximum absolute atomic E-state index is 11.5. The van der Waals surface area contributed by atoms with E-state index in [4.69, 9.17) is 0 Å². The molecule has 1 heterocycles. The number of benzene rings is 2. The summed E-state index contributed by atoms with van der Waals surface area (Å²) in [5.41, 5.74) is 1.42. The minimum absolute atomic E-state index is 0.0928. The van der Waals surface area contributed by atoms with Crippen molar-refractivity contribution in [3.63, 3.8) is 0 Å². The number of aromatic nitrogens is 2. The van der Waals surface area contributed by atoms with E-state index in [1.165, 1.54) is 6.07 Å². The number of nitro groups is 1. The number of nitrogens with one attached hydrogen (secondary N) is 1. The molecule has 0 amide bonds. The molecule has 0 radical (unpaired) electrons. The van der Waals surface area contributed by atoms with E-state index in [0.29, 0.717) is 5.69 Å². The van der Waals surface area contributed by atoms with Crippen molar-refractivity contribution in [2.45, 2.75) is 6.92 Å². The number of rotatable bonds is 5. The van der Waals surface area contributed by atoms with Crippen molar-refractivity contribution in [1.82, 2.24) is 9.97 Å². The Morgan fingerprint density at radius 3 is 2.50 bits per heavy atom. The van der Waals surface area contributed by atoms with Crippen molar-refractivity contribution in [3.05, 3.63) is 70.4 Å². The zero-order chi connectivity index (χ0) is 18.7. The Morgan fingerprint density at radius 2 is 1.85 bits per heavy atom. The average Bonchev–Trinajstić information content (AvgIpc) is 2.61. The fourth-order valence-corrected chi connectivity index (χ4v) is 2.54. The number of aromatic hydroxyl groups is 1. The van der Waals surface area contributed by atoms with E-state index in [-0.39, 0.29) is 28.9 Å². The molecule has 0 atom stereocenters. The van der Waals surface area contributed by atoms with E-state index in [1.807, 2.05) is 30.3 Å². The first-order valence-electron chi connectivity index (χ1n) is 7.83. The summed E-state index contributed by atoms with van der Waals surface area (Å²) in [6, 6.07) is 15.7. The summed E-state index contributed by atoms with van der Waals surface area (Å²) in [6.45, 7) is 1.57. The smallest absolute Gasteiger partial charge is 0.333 e. The molecule has 26 heavy (non-hydrogen) atoms. The molecular formula is C18H17N5O3. The summed E-state index contributed by atoms with van der Waals surface area (Å²) in [7, 11) is 1.71. The van der Waals surface area contributed by atoms with Crippen LogP contribution < -0.4 is 10.2 Å². The third-order valence-corrected chi connectivity index (χ3v) is 3.79. The van der Waals surface area contributed by atoms with Crippen LogP contribution in [-0.4, -0.2) is 27.0 Å². The van der Waals surface area contributed by atoms with Gasteiger partial charge in [-0.05, 0) is 31.2 Å². The lowest BCUT2D eigenvalue weighted by Crippen LogP contribution is -2.16. The number of hydrogen-bond donors (Lipinski definition) is 2. The summed E-state index contributed by atoms with van der Waals surface area (Å²) in [6.07, 6.45) is 0. The first-order valence-corrected chi connectivity index (χ1v) is 7.83. The first-order chi connectivity index (χ1) is 12.5. The van der Waals surface area contributed by atoms with E-state index in [2.05, 4.69) is 15.3 Å². The molecule has 0 aliphatic heterocycles. The van der Waals surface area contributed by atoms with Crippen LogP contribution in [0, 0.1) is 17.0 Å². The average molecular weight is 351 g/mol. The van der Waals surface area contributed by atoms with Crippen molar-refractivity contribution in [2.75, 3.05) is 17.3 Å². The molecule has 0 saturated carbocycles. The lowest BCUT2D eigenvalue weighted by molar-refractivity contribution is -0.385. The SMILES string of the molecule is Cc1nc(Nc2cccc(O)c2)nc(N(C)c2ccccc2)c1[N+](=O)[O-]. The Hall–Kier alpha value is -3.68. The third kappa shape index (κ3) is 3.54. The van der Waals surface area contributed by atoms with Crippen molar-refractivity contribution >= 4 is 28.8 Å². The monoisotopic (exact) mass is 351 g/mol. The predicted molar refractivity (Wildman–Crippen MR) is 99.3 cm³/mol. The molecule has 2 aromatic carbocycles. The molecule has 132 valence electrons. The highest BCUT2D eigenvalue weighted by Gasteiger charge is 2.25. The van der Waals surface area contributed by atoms with Crippen molar-refractivity contribution in [3.8, 4) is 5.75 Å². The Labute approximate surface area is 149 Å². The summed E-state index contributed by atoms with van der Waals surface area (Å²) in [5.74, 6) is 0.475. The van der Waals surface area contributed by atoms with Gasteiger partial charge < -0.3 is 15.3 Å². The predicted octanol–water partition coefficient (Wildman–Crippen LogP) is 3.91. The number of nitrogens with zero attached hydrogens (tertiary/aromatic N) is 4. The molecule has 0 saturated heterocycles. The maximum Gasteiger partial charge on any atom is 0.333 e. The molecule has 2 N–H and O–H groups in total. The molecular weight excluding hydrogens is 334 g/mol. The number of anilines is 4. The van der Waals surface area contributed by atoms with Gasteiger partial charge in [0, 0.05) is 24.5 Å². The highest BCUT2D eigenvalue weighted by Crippen LogP contribution is 2.34. The van der Waals surface area contributed by atoms with Crippen LogP contribution in [0.15, 0.2) is 54.6 Å². The van der Waals surface area contributed by atoms with Crippen LogP contribution in [0.3, 0.4) is 0 Å². The Kier molecular flexibility index (Phi) is 4.66. The number of para-hydroxylation sites is 1. The standard InChI is InChI=1S/C18H17N5O3/c1-12-16(23(25)26)17(22(2)14-8-4-3-5-9-14)21-18(19-12)20-13-7-6-10-15(24)11-13/h3-11,24H,1-2H3,(H,19,20,21). The number of aryl methyl sites for hydroxylation is 1. The van der Waals surface area contributed by atoms with E-state index < -0.39 is 4.92 Å². The minimum atomic E-state index is -0.484. The second-order valence-corrected chi connectivity index (χ2v) is 5.63. The normalized spacial score (nSPS) is 10.4. The van der Waals surface area contributed by atoms with E-state index in [1.54, 1.807) is 37.1 Å². The van der Waals surface area contributed by atoms with Crippen LogP contribution in [0.1, 0.15) is 5.69 Å². The van der Waals surface area contributed by atoms with Crippen LogP contribution in [0.2, 0.25) is 0 Å². The molecule has 0 aliphatic rings. The molecule has 3 rings (SSSR count). The molecule has 0 unspecified atom stereocenters. The van der Waals surface area contributed by atoms with Gasteiger partial charge in [-0.15, -0.1) is 0 Å². The maximum atomic E-state index is 11.5.